The van der Waals surface area contributed by atoms with Crippen LogP contribution < -0.4 is 5.32 Å². The van der Waals surface area contributed by atoms with Crippen LogP contribution in [0.4, 0.5) is 5.69 Å². The van der Waals surface area contributed by atoms with Gasteiger partial charge in [-0.15, -0.1) is 0 Å². The van der Waals surface area contributed by atoms with E-state index in [4.69, 9.17) is 0 Å². The van der Waals surface area contributed by atoms with Crippen LogP contribution in [-0.4, -0.2) is 15.5 Å². The number of hydrogen-bond acceptors (Lipinski definition) is 2. The summed E-state index contributed by atoms with van der Waals surface area (Å²) in [5.74, 6) is -0.156. The highest BCUT2D eigenvalue weighted by molar-refractivity contribution is 9.08. The molecule has 4 nitrogen and oxygen atoms in total. The average Bonchev–Trinajstić information content (AvgIpc) is 2.76. The highest BCUT2D eigenvalue weighted by atomic mass is 79.9. The van der Waals surface area contributed by atoms with Crippen molar-refractivity contribution in [1.29, 1.82) is 0 Å². The fraction of sp³-hybridized carbons (Fsp3) is 0.167. The molecule has 88 valence electrons. The van der Waals surface area contributed by atoms with E-state index in [1.165, 1.54) is 0 Å². The number of rotatable bonds is 3. The summed E-state index contributed by atoms with van der Waals surface area (Å²) in [7, 11) is 1.79. The molecule has 0 aliphatic rings. The minimum absolute atomic E-state index is 0.156. The van der Waals surface area contributed by atoms with Crippen LogP contribution in [0.25, 0.3) is 0 Å². The Labute approximate surface area is 108 Å². The van der Waals surface area contributed by atoms with Crippen LogP contribution in [-0.2, 0) is 12.4 Å². The number of carbonyl (C=O) groups excluding carboxylic acids is 1. The second-order valence-corrected chi connectivity index (χ2v) is 4.24. The zero-order valence-corrected chi connectivity index (χ0v) is 10.9. The molecule has 1 amide bonds. The standard InChI is InChI=1S/C12H12BrN3O/c1-16-8-14-7-11(16)12(17)15-10-4-2-3-9(5-10)6-13/h2-5,7-8H,6H2,1H3,(H,15,17). The Balaban J connectivity index is 2.16. The lowest BCUT2D eigenvalue weighted by atomic mass is 10.2. The largest absolute Gasteiger partial charge is 0.330 e. The lowest BCUT2D eigenvalue weighted by Gasteiger charge is -2.06. The molecule has 0 bridgehead atoms. The first-order chi connectivity index (χ1) is 8.20. The summed E-state index contributed by atoms with van der Waals surface area (Å²) < 4.78 is 1.68. The molecular formula is C12H12BrN3O. The highest BCUT2D eigenvalue weighted by Crippen LogP contribution is 2.14. The summed E-state index contributed by atoms with van der Waals surface area (Å²) in [4.78, 5) is 15.8. The Morgan fingerprint density at radius 3 is 3.00 bits per heavy atom. The van der Waals surface area contributed by atoms with Crippen molar-refractivity contribution in [1.82, 2.24) is 9.55 Å². The molecule has 2 rings (SSSR count). The van der Waals surface area contributed by atoms with E-state index in [9.17, 15) is 4.79 Å². The number of benzene rings is 1. The number of carbonyl (C=O) groups is 1. The molecule has 0 radical (unpaired) electrons. The zero-order valence-electron chi connectivity index (χ0n) is 9.35. The maximum Gasteiger partial charge on any atom is 0.273 e. The third-order valence-corrected chi connectivity index (χ3v) is 3.04. The molecule has 5 heteroatoms. The van der Waals surface area contributed by atoms with Gasteiger partial charge in [-0.3, -0.25) is 4.79 Å². The molecule has 0 aliphatic carbocycles. The first-order valence-corrected chi connectivity index (χ1v) is 6.25. The molecule has 17 heavy (non-hydrogen) atoms. The molecule has 0 unspecified atom stereocenters. The fourth-order valence-corrected chi connectivity index (χ4v) is 1.85. The van der Waals surface area contributed by atoms with Crippen LogP contribution in [0.2, 0.25) is 0 Å². The predicted molar refractivity (Wildman–Crippen MR) is 70.2 cm³/mol. The van der Waals surface area contributed by atoms with Crippen LogP contribution in [0.1, 0.15) is 16.1 Å². The average molecular weight is 294 g/mol. The topological polar surface area (TPSA) is 46.9 Å². The van der Waals surface area contributed by atoms with Crippen molar-refractivity contribution in [2.45, 2.75) is 5.33 Å². The number of imidazole rings is 1. The maximum atomic E-state index is 11.9. The SMILES string of the molecule is Cn1cncc1C(=O)Nc1cccc(CBr)c1. The molecule has 1 N–H and O–H groups in total. The lowest BCUT2D eigenvalue weighted by molar-refractivity contribution is 0.101. The van der Waals surface area contributed by atoms with Gasteiger partial charge in [-0.1, -0.05) is 28.1 Å². The first kappa shape index (κ1) is 11.9. The quantitative estimate of drug-likeness (QED) is 0.884. The smallest absolute Gasteiger partial charge is 0.273 e. The van der Waals surface area contributed by atoms with Gasteiger partial charge in [0.25, 0.3) is 5.91 Å². The zero-order chi connectivity index (χ0) is 12.3. The molecule has 1 heterocycles. The van der Waals surface area contributed by atoms with Gasteiger partial charge in [0.2, 0.25) is 0 Å². The van der Waals surface area contributed by atoms with E-state index in [1.54, 1.807) is 24.1 Å². The van der Waals surface area contributed by atoms with E-state index in [-0.39, 0.29) is 5.91 Å². The summed E-state index contributed by atoms with van der Waals surface area (Å²) in [6.45, 7) is 0. The van der Waals surface area contributed by atoms with Gasteiger partial charge < -0.3 is 9.88 Å². The summed E-state index contributed by atoms with van der Waals surface area (Å²) in [5.41, 5.74) is 2.44. The van der Waals surface area contributed by atoms with Gasteiger partial charge in [-0.2, -0.15) is 0 Å². The summed E-state index contributed by atoms with van der Waals surface area (Å²) >= 11 is 3.38. The Morgan fingerprint density at radius 2 is 2.35 bits per heavy atom. The first-order valence-electron chi connectivity index (χ1n) is 5.13. The van der Waals surface area contributed by atoms with Crippen LogP contribution >= 0.6 is 15.9 Å². The van der Waals surface area contributed by atoms with Crippen LogP contribution in [0.15, 0.2) is 36.8 Å². The normalized spacial score (nSPS) is 10.2. The Morgan fingerprint density at radius 1 is 1.53 bits per heavy atom. The van der Waals surface area contributed by atoms with Crippen molar-refractivity contribution in [3.63, 3.8) is 0 Å². The second-order valence-electron chi connectivity index (χ2n) is 3.68. The predicted octanol–water partition coefficient (Wildman–Crippen LogP) is 2.57. The van der Waals surface area contributed by atoms with Gasteiger partial charge in [0.05, 0.1) is 12.5 Å². The number of alkyl halides is 1. The molecule has 1 aromatic heterocycles. The van der Waals surface area contributed by atoms with E-state index in [0.717, 1.165) is 16.6 Å². The number of nitrogens with zero attached hydrogens (tertiary/aromatic N) is 2. The maximum absolute atomic E-state index is 11.9. The number of nitrogens with one attached hydrogen (secondary N) is 1. The van der Waals surface area contributed by atoms with Gasteiger partial charge in [0, 0.05) is 18.1 Å². The van der Waals surface area contributed by atoms with E-state index >= 15 is 0 Å². The number of halogens is 1. The summed E-state index contributed by atoms with van der Waals surface area (Å²) in [5, 5.41) is 3.61. The van der Waals surface area contributed by atoms with Crippen LogP contribution in [0, 0.1) is 0 Å². The van der Waals surface area contributed by atoms with E-state index in [2.05, 4.69) is 26.2 Å². The van der Waals surface area contributed by atoms with Crippen molar-refractivity contribution in [2.24, 2.45) is 7.05 Å². The van der Waals surface area contributed by atoms with E-state index in [1.807, 2.05) is 24.3 Å². The third-order valence-electron chi connectivity index (χ3n) is 2.39. The third kappa shape index (κ3) is 2.74. The van der Waals surface area contributed by atoms with Gasteiger partial charge >= 0.3 is 0 Å². The van der Waals surface area contributed by atoms with Crippen molar-refractivity contribution < 1.29 is 4.79 Å². The molecular weight excluding hydrogens is 282 g/mol. The highest BCUT2D eigenvalue weighted by Gasteiger charge is 2.09. The van der Waals surface area contributed by atoms with E-state index < -0.39 is 0 Å². The van der Waals surface area contributed by atoms with Crippen molar-refractivity contribution in [2.75, 3.05) is 5.32 Å². The Bertz CT molecular complexity index is 536. The number of aromatic nitrogens is 2. The monoisotopic (exact) mass is 293 g/mol. The number of anilines is 1. The number of aryl methyl sites for hydroxylation is 1. The minimum atomic E-state index is -0.156. The Hall–Kier alpha value is -1.62. The molecule has 2 aromatic rings. The van der Waals surface area contributed by atoms with E-state index in [0.29, 0.717) is 5.69 Å². The Kier molecular flexibility index (Phi) is 3.58. The van der Waals surface area contributed by atoms with Gasteiger partial charge in [0.1, 0.15) is 5.69 Å². The van der Waals surface area contributed by atoms with Crippen LogP contribution in [0.5, 0.6) is 0 Å². The molecule has 1 aromatic carbocycles. The fourth-order valence-electron chi connectivity index (χ4n) is 1.50. The molecule has 0 atom stereocenters. The molecule has 0 spiro atoms. The second kappa shape index (κ2) is 5.14. The van der Waals surface area contributed by atoms with Gasteiger partial charge in [-0.25, -0.2) is 4.98 Å². The number of amides is 1. The van der Waals surface area contributed by atoms with Gasteiger partial charge in [-0.05, 0) is 17.7 Å². The summed E-state index contributed by atoms with van der Waals surface area (Å²) in [6.07, 6.45) is 3.15. The summed E-state index contributed by atoms with van der Waals surface area (Å²) in [6, 6.07) is 7.70. The van der Waals surface area contributed by atoms with Crippen molar-refractivity contribution in [3.05, 3.63) is 48.0 Å². The molecule has 0 saturated carbocycles. The van der Waals surface area contributed by atoms with Crippen molar-refractivity contribution in [3.8, 4) is 0 Å². The molecule has 0 saturated heterocycles. The number of hydrogen-bond donors (Lipinski definition) is 1. The molecule has 0 aliphatic heterocycles. The molecule has 0 fully saturated rings. The van der Waals surface area contributed by atoms with Gasteiger partial charge in [0.15, 0.2) is 0 Å². The minimum Gasteiger partial charge on any atom is -0.330 e. The van der Waals surface area contributed by atoms with Crippen molar-refractivity contribution >= 4 is 27.5 Å². The van der Waals surface area contributed by atoms with Crippen LogP contribution in [0.3, 0.4) is 0 Å². The lowest BCUT2D eigenvalue weighted by Crippen LogP contribution is -2.15.